The maximum Gasteiger partial charge on any atom is 0.238 e. The molecule has 0 saturated carbocycles. The Bertz CT molecular complexity index is 1150. The average molecular weight is 489 g/mol. The van der Waals surface area contributed by atoms with Crippen LogP contribution in [0.1, 0.15) is 6.42 Å². The molecule has 7 nitrogen and oxygen atoms in total. The fourth-order valence-corrected chi connectivity index (χ4v) is 5.35. The lowest BCUT2D eigenvalue weighted by Gasteiger charge is -2.32. The summed E-state index contributed by atoms with van der Waals surface area (Å²) in [7, 11) is 0. The van der Waals surface area contributed by atoms with Gasteiger partial charge in [-0.1, -0.05) is 36.0 Å². The quantitative estimate of drug-likeness (QED) is 0.507. The first-order valence-electron chi connectivity index (χ1n) is 11.8. The summed E-state index contributed by atoms with van der Waals surface area (Å²) in [4.78, 5) is 31.7. The molecule has 2 N–H and O–H groups in total. The lowest BCUT2D eigenvalue weighted by molar-refractivity contribution is -0.118. The van der Waals surface area contributed by atoms with Gasteiger partial charge in [-0.15, -0.1) is 0 Å². The summed E-state index contributed by atoms with van der Waals surface area (Å²) in [5, 5.41) is 5.88. The van der Waals surface area contributed by atoms with E-state index in [1.165, 1.54) is 9.79 Å². The van der Waals surface area contributed by atoms with Gasteiger partial charge in [0.1, 0.15) is 0 Å². The molecule has 5 rings (SSSR count). The lowest BCUT2D eigenvalue weighted by Crippen LogP contribution is -2.41. The highest BCUT2D eigenvalue weighted by molar-refractivity contribution is 7.99. The Morgan fingerprint density at radius 2 is 1.31 bits per heavy atom. The molecule has 0 atom stereocenters. The summed E-state index contributed by atoms with van der Waals surface area (Å²) < 4.78 is 5.32. The minimum absolute atomic E-state index is 0.0519. The molecule has 0 radical (unpaired) electrons. The third-order valence-electron chi connectivity index (χ3n) is 6.02. The third-order valence-corrected chi connectivity index (χ3v) is 7.15. The number of fused-ring (bicyclic) bond motifs is 2. The van der Waals surface area contributed by atoms with E-state index in [0.29, 0.717) is 44.1 Å². The standard InChI is InChI=1S/C27H28N4O3S/c32-26(13-14-31-22-5-1-3-7-24(22)35-25-8-4-2-6-23(25)31)28-20-9-11-21(12-10-20)29-27(33)19-30-15-17-34-18-16-30/h1-12H,13-19H2,(H,28,32)(H,29,33). The molecule has 35 heavy (non-hydrogen) atoms. The predicted octanol–water partition coefficient (Wildman–Crippen LogP) is 4.59. The van der Waals surface area contributed by atoms with Gasteiger partial charge in [0, 0.05) is 47.2 Å². The second-order valence-corrected chi connectivity index (χ2v) is 9.59. The van der Waals surface area contributed by atoms with Crippen molar-refractivity contribution in [2.24, 2.45) is 0 Å². The highest BCUT2D eigenvalue weighted by Gasteiger charge is 2.23. The summed E-state index contributed by atoms with van der Waals surface area (Å²) in [6.07, 6.45) is 0.353. The molecule has 2 heterocycles. The largest absolute Gasteiger partial charge is 0.379 e. The van der Waals surface area contributed by atoms with Crippen LogP contribution >= 0.6 is 11.8 Å². The van der Waals surface area contributed by atoms with Crippen molar-refractivity contribution in [2.75, 3.05) is 54.9 Å². The Labute approximate surface area is 209 Å². The Morgan fingerprint density at radius 3 is 1.91 bits per heavy atom. The van der Waals surface area contributed by atoms with E-state index in [2.05, 4.69) is 44.7 Å². The van der Waals surface area contributed by atoms with Crippen LogP contribution in [0.25, 0.3) is 0 Å². The van der Waals surface area contributed by atoms with Gasteiger partial charge in [-0.25, -0.2) is 0 Å². The topological polar surface area (TPSA) is 73.9 Å². The smallest absolute Gasteiger partial charge is 0.238 e. The van der Waals surface area contributed by atoms with Crippen molar-refractivity contribution >= 4 is 46.3 Å². The van der Waals surface area contributed by atoms with E-state index in [9.17, 15) is 9.59 Å². The van der Waals surface area contributed by atoms with Crippen LogP contribution in [0.2, 0.25) is 0 Å². The van der Waals surface area contributed by atoms with Crippen LogP contribution in [-0.2, 0) is 14.3 Å². The first-order chi connectivity index (χ1) is 17.2. The number of para-hydroxylation sites is 2. The van der Waals surface area contributed by atoms with E-state index in [0.717, 1.165) is 24.5 Å². The molecule has 3 aromatic carbocycles. The summed E-state index contributed by atoms with van der Waals surface area (Å²) in [6.45, 7) is 3.80. The molecule has 0 aliphatic carbocycles. The highest BCUT2D eigenvalue weighted by atomic mass is 32.2. The van der Waals surface area contributed by atoms with Crippen molar-refractivity contribution in [1.29, 1.82) is 0 Å². The van der Waals surface area contributed by atoms with Gasteiger partial charge in [0.15, 0.2) is 0 Å². The van der Waals surface area contributed by atoms with Gasteiger partial charge in [-0.2, -0.15) is 0 Å². The summed E-state index contributed by atoms with van der Waals surface area (Å²) in [6, 6.07) is 23.8. The second-order valence-electron chi connectivity index (χ2n) is 8.50. The number of carbonyl (C=O) groups excluding carboxylic acids is 2. The zero-order valence-corrected chi connectivity index (χ0v) is 20.2. The maximum atomic E-state index is 12.7. The number of hydrogen-bond donors (Lipinski definition) is 2. The van der Waals surface area contributed by atoms with Crippen molar-refractivity contribution in [3.8, 4) is 0 Å². The number of morpholine rings is 1. The molecule has 8 heteroatoms. The van der Waals surface area contributed by atoms with Crippen LogP contribution in [-0.4, -0.2) is 56.1 Å². The van der Waals surface area contributed by atoms with Gasteiger partial charge in [0.25, 0.3) is 0 Å². The number of carbonyl (C=O) groups is 2. The highest BCUT2D eigenvalue weighted by Crippen LogP contribution is 2.47. The van der Waals surface area contributed by atoms with Crippen LogP contribution in [0.5, 0.6) is 0 Å². The summed E-state index contributed by atoms with van der Waals surface area (Å²) in [5.74, 6) is -0.105. The molecular formula is C27H28N4O3S. The zero-order chi connectivity index (χ0) is 24.0. The summed E-state index contributed by atoms with van der Waals surface area (Å²) >= 11 is 1.76. The first-order valence-corrected chi connectivity index (χ1v) is 12.6. The number of amides is 2. The SMILES string of the molecule is O=C(CCN1c2ccccc2Sc2ccccc21)Nc1ccc(NC(=O)CN2CCOCC2)cc1. The number of hydrogen-bond acceptors (Lipinski definition) is 6. The second kappa shape index (κ2) is 10.9. The number of rotatable bonds is 7. The first kappa shape index (κ1) is 23.4. The molecule has 2 amide bonds. The van der Waals surface area contributed by atoms with Gasteiger partial charge >= 0.3 is 0 Å². The molecule has 0 aromatic heterocycles. The van der Waals surface area contributed by atoms with E-state index >= 15 is 0 Å². The average Bonchev–Trinajstić information content (AvgIpc) is 2.88. The van der Waals surface area contributed by atoms with Gasteiger partial charge in [0.2, 0.25) is 11.8 Å². The Balaban J connectivity index is 1.15. The molecule has 180 valence electrons. The molecule has 2 aliphatic rings. The minimum atomic E-state index is -0.0534. The van der Waals surface area contributed by atoms with E-state index in [4.69, 9.17) is 4.74 Å². The van der Waals surface area contributed by atoms with Crippen LogP contribution in [0, 0.1) is 0 Å². The number of benzene rings is 3. The number of anilines is 4. The Hall–Kier alpha value is -3.33. The zero-order valence-electron chi connectivity index (χ0n) is 19.4. The molecule has 0 bridgehead atoms. The van der Waals surface area contributed by atoms with E-state index in [1.807, 2.05) is 36.4 Å². The Kier molecular flexibility index (Phi) is 7.32. The number of nitrogens with one attached hydrogen (secondary N) is 2. The monoisotopic (exact) mass is 488 g/mol. The van der Waals surface area contributed by atoms with E-state index in [-0.39, 0.29) is 11.8 Å². The molecule has 2 aliphatic heterocycles. The molecule has 0 spiro atoms. The van der Waals surface area contributed by atoms with E-state index < -0.39 is 0 Å². The van der Waals surface area contributed by atoms with E-state index in [1.54, 1.807) is 23.9 Å². The molecule has 0 unspecified atom stereocenters. The van der Waals surface area contributed by atoms with Crippen molar-refractivity contribution < 1.29 is 14.3 Å². The van der Waals surface area contributed by atoms with Crippen LogP contribution < -0.4 is 15.5 Å². The van der Waals surface area contributed by atoms with Crippen molar-refractivity contribution in [3.63, 3.8) is 0 Å². The summed E-state index contributed by atoms with van der Waals surface area (Å²) in [5.41, 5.74) is 3.67. The van der Waals surface area contributed by atoms with Crippen molar-refractivity contribution in [3.05, 3.63) is 72.8 Å². The lowest BCUT2D eigenvalue weighted by atomic mass is 10.2. The number of ether oxygens (including phenoxy) is 1. The molecule has 1 fully saturated rings. The van der Waals surface area contributed by atoms with Gasteiger partial charge in [0.05, 0.1) is 31.1 Å². The molecular weight excluding hydrogens is 460 g/mol. The minimum Gasteiger partial charge on any atom is -0.379 e. The van der Waals surface area contributed by atoms with Crippen molar-refractivity contribution in [2.45, 2.75) is 16.2 Å². The van der Waals surface area contributed by atoms with Crippen molar-refractivity contribution in [1.82, 2.24) is 4.90 Å². The van der Waals surface area contributed by atoms with Gasteiger partial charge < -0.3 is 20.3 Å². The van der Waals surface area contributed by atoms with Crippen LogP contribution in [0.3, 0.4) is 0 Å². The van der Waals surface area contributed by atoms with Gasteiger partial charge in [-0.3, -0.25) is 14.5 Å². The molecule has 3 aromatic rings. The fraction of sp³-hybridized carbons (Fsp3) is 0.259. The Morgan fingerprint density at radius 1 is 0.771 bits per heavy atom. The number of nitrogens with zero attached hydrogens (tertiary/aromatic N) is 2. The fourth-order valence-electron chi connectivity index (χ4n) is 4.26. The predicted molar refractivity (Wildman–Crippen MR) is 140 cm³/mol. The maximum absolute atomic E-state index is 12.7. The normalized spacial score (nSPS) is 15.1. The van der Waals surface area contributed by atoms with Crippen LogP contribution in [0.15, 0.2) is 82.6 Å². The molecule has 1 saturated heterocycles. The third kappa shape index (κ3) is 5.85. The van der Waals surface area contributed by atoms with Crippen LogP contribution in [0.4, 0.5) is 22.7 Å². The van der Waals surface area contributed by atoms with Gasteiger partial charge in [-0.05, 0) is 48.5 Å².